The Hall–Kier alpha value is -1.80. The molecular formula is C16H20N2. The first-order valence-electron chi connectivity index (χ1n) is 6.22. The third-order valence-electron chi connectivity index (χ3n) is 3.03. The number of nitrogens with two attached hydrogens (primary N) is 1. The van der Waals surface area contributed by atoms with E-state index in [0.29, 0.717) is 0 Å². The lowest BCUT2D eigenvalue weighted by Gasteiger charge is -2.18. The second-order valence-electron chi connectivity index (χ2n) is 4.86. The van der Waals surface area contributed by atoms with E-state index in [4.69, 9.17) is 5.73 Å². The molecule has 0 aromatic heterocycles. The SMILES string of the molecule is Cc1cccc(CN(C)Cc2ccccc2N)c1. The Morgan fingerprint density at radius 2 is 1.78 bits per heavy atom. The fourth-order valence-electron chi connectivity index (χ4n) is 2.15. The second kappa shape index (κ2) is 5.69. The van der Waals surface area contributed by atoms with Crippen molar-refractivity contribution in [2.75, 3.05) is 12.8 Å². The van der Waals surface area contributed by atoms with Crippen molar-refractivity contribution in [3.8, 4) is 0 Å². The molecule has 0 fully saturated rings. The number of nitrogens with zero attached hydrogens (tertiary/aromatic N) is 1. The largest absolute Gasteiger partial charge is 0.398 e. The molecule has 0 bridgehead atoms. The van der Waals surface area contributed by atoms with Gasteiger partial charge in [0.2, 0.25) is 0 Å². The van der Waals surface area contributed by atoms with Crippen LogP contribution in [0.2, 0.25) is 0 Å². The van der Waals surface area contributed by atoms with Crippen molar-refractivity contribution in [2.45, 2.75) is 20.0 Å². The second-order valence-corrected chi connectivity index (χ2v) is 4.86. The minimum atomic E-state index is 0.869. The van der Waals surface area contributed by atoms with Crippen molar-refractivity contribution in [3.05, 3.63) is 65.2 Å². The third kappa shape index (κ3) is 3.34. The Morgan fingerprint density at radius 3 is 2.50 bits per heavy atom. The summed E-state index contributed by atoms with van der Waals surface area (Å²) in [6.07, 6.45) is 0. The van der Waals surface area contributed by atoms with E-state index >= 15 is 0 Å². The number of nitrogen functional groups attached to an aromatic ring is 1. The maximum Gasteiger partial charge on any atom is 0.0359 e. The Bertz CT molecular complexity index is 520. The molecule has 0 saturated carbocycles. The highest BCUT2D eigenvalue weighted by atomic mass is 15.1. The van der Waals surface area contributed by atoms with E-state index in [1.54, 1.807) is 0 Å². The van der Waals surface area contributed by atoms with E-state index in [0.717, 1.165) is 18.8 Å². The van der Waals surface area contributed by atoms with Crippen LogP contribution in [0.3, 0.4) is 0 Å². The van der Waals surface area contributed by atoms with Gasteiger partial charge in [0.25, 0.3) is 0 Å². The summed E-state index contributed by atoms with van der Waals surface area (Å²) in [6.45, 7) is 3.94. The van der Waals surface area contributed by atoms with Crippen molar-refractivity contribution in [3.63, 3.8) is 0 Å². The van der Waals surface area contributed by atoms with Crippen molar-refractivity contribution in [2.24, 2.45) is 0 Å². The minimum Gasteiger partial charge on any atom is -0.398 e. The first-order valence-corrected chi connectivity index (χ1v) is 6.22. The van der Waals surface area contributed by atoms with Crippen molar-refractivity contribution >= 4 is 5.69 Å². The molecule has 0 aliphatic rings. The van der Waals surface area contributed by atoms with E-state index < -0.39 is 0 Å². The van der Waals surface area contributed by atoms with Gasteiger partial charge >= 0.3 is 0 Å². The zero-order valence-corrected chi connectivity index (χ0v) is 11.1. The van der Waals surface area contributed by atoms with Crippen molar-refractivity contribution in [1.82, 2.24) is 4.90 Å². The molecule has 0 heterocycles. The summed E-state index contributed by atoms with van der Waals surface area (Å²) in [6, 6.07) is 16.7. The van der Waals surface area contributed by atoms with Crippen molar-refractivity contribution in [1.29, 1.82) is 0 Å². The lowest BCUT2D eigenvalue weighted by Crippen LogP contribution is -2.18. The van der Waals surface area contributed by atoms with Crippen molar-refractivity contribution < 1.29 is 0 Å². The van der Waals surface area contributed by atoms with E-state index in [-0.39, 0.29) is 0 Å². The molecule has 0 saturated heterocycles. The average molecular weight is 240 g/mol. The highest BCUT2D eigenvalue weighted by molar-refractivity contribution is 5.46. The van der Waals surface area contributed by atoms with Gasteiger partial charge in [-0.05, 0) is 31.2 Å². The van der Waals surface area contributed by atoms with Gasteiger partial charge in [-0.1, -0.05) is 48.0 Å². The van der Waals surface area contributed by atoms with Gasteiger partial charge in [0.15, 0.2) is 0 Å². The number of benzene rings is 2. The summed E-state index contributed by atoms with van der Waals surface area (Å²) < 4.78 is 0. The smallest absolute Gasteiger partial charge is 0.0359 e. The Labute approximate surface area is 109 Å². The summed E-state index contributed by atoms with van der Waals surface area (Å²) in [5.74, 6) is 0. The van der Waals surface area contributed by atoms with E-state index in [9.17, 15) is 0 Å². The van der Waals surface area contributed by atoms with Crippen LogP contribution in [0, 0.1) is 6.92 Å². The maximum absolute atomic E-state index is 5.96. The first-order chi connectivity index (χ1) is 8.65. The molecule has 2 N–H and O–H groups in total. The number of hydrogen-bond acceptors (Lipinski definition) is 2. The highest BCUT2D eigenvalue weighted by Crippen LogP contribution is 2.14. The average Bonchev–Trinajstić information content (AvgIpc) is 2.32. The molecule has 0 aliphatic heterocycles. The third-order valence-corrected chi connectivity index (χ3v) is 3.03. The normalized spacial score (nSPS) is 10.8. The monoisotopic (exact) mass is 240 g/mol. The molecule has 0 spiro atoms. The van der Waals surface area contributed by atoms with Crippen LogP contribution in [-0.4, -0.2) is 11.9 Å². The van der Waals surface area contributed by atoms with Gasteiger partial charge in [-0.15, -0.1) is 0 Å². The van der Waals surface area contributed by atoms with Gasteiger partial charge in [-0.25, -0.2) is 0 Å². The minimum absolute atomic E-state index is 0.869. The van der Waals surface area contributed by atoms with Crippen LogP contribution in [-0.2, 0) is 13.1 Å². The number of anilines is 1. The quantitative estimate of drug-likeness (QED) is 0.831. The van der Waals surface area contributed by atoms with Crippen LogP contribution in [0.1, 0.15) is 16.7 Å². The molecule has 0 atom stereocenters. The molecule has 0 radical (unpaired) electrons. The van der Waals surface area contributed by atoms with Crippen LogP contribution in [0.4, 0.5) is 5.69 Å². The Kier molecular flexibility index (Phi) is 4.00. The van der Waals surface area contributed by atoms with Gasteiger partial charge in [-0.2, -0.15) is 0 Å². The molecule has 2 rings (SSSR count). The predicted octanol–water partition coefficient (Wildman–Crippen LogP) is 3.21. The standard InChI is InChI=1S/C16H20N2/c1-13-6-5-7-14(10-13)11-18(2)12-15-8-3-4-9-16(15)17/h3-10H,11-12,17H2,1-2H3. The van der Waals surface area contributed by atoms with Crippen LogP contribution in [0.25, 0.3) is 0 Å². The highest BCUT2D eigenvalue weighted by Gasteiger charge is 2.04. The summed E-state index contributed by atoms with van der Waals surface area (Å²) in [5, 5.41) is 0. The summed E-state index contributed by atoms with van der Waals surface area (Å²) in [4.78, 5) is 2.28. The van der Waals surface area contributed by atoms with Gasteiger partial charge in [0.1, 0.15) is 0 Å². The summed E-state index contributed by atoms with van der Waals surface area (Å²) in [7, 11) is 2.12. The fourth-order valence-corrected chi connectivity index (χ4v) is 2.15. The lowest BCUT2D eigenvalue weighted by molar-refractivity contribution is 0.319. The molecule has 2 aromatic rings. The molecule has 0 amide bonds. The molecule has 18 heavy (non-hydrogen) atoms. The Morgan fingerprint density at radius 1 is 1.00 bits per heavy atom. The zero-order valence-electron chi connectivity index (χ0n) is 11.1. The van der Waals surface area contributed by atoms with E-state index in [1.165, 1.54) is 16.7 Å². The number of aryl methyl sites for hydroxylation is 1. The van der Waals surface area contributed by atoms with Crippen LogP contribution >= 0.6 is 0 Å². The molecule has 0 aliphatic carbocycles. The summed E-state index contributed by atoms with van der Waals surface area (Å²) >= 11 is 0. The van der Waals surface area contributed by atoms with Gasteiger partial charge in [0.05, 0.1) is 0 Å². The topological polar surface area (TPSA) is 29.3 Å². The molecule has 2 heteroatoms. The first kappa shape index (κ1) is 12.7. The van der Waals surface area contributed by atoms with Crippen LogP contribution in [0.5, 0.6) is 0 Å². The number of para-hydroxylation sites is 1. The van der Waals surface area contributed by atoms with Gasteiger partial charge in [0, 0.05) is 18.8 Å². The maximum atomic E-state index is 5.96. The number of hydrogen-bond donors (Lipinski definition) is 1. The fraction of sp³-hybridized carbons (Fsp3) is 0.250. The summed E-state index contributed by atoms with van der Waals surface area (Å²) in [5.41, 5.74) is 10.7. The molecule has 0 unspecified atom stereocenters. The molecule has 94 valence electrons. The predicted molar refractivity (Wildman–Crippen MR) is 77.2 cm³/mol. The van der Waals surface area contributed by atoms with E-state index in [2.05, 4.69) is 49.2 Å². The van der Waals surface area contributed by atoms with Gasteiger partial charge in [-0.3, -0.25) is 4.90 Å². The van der Waals surface area contributed by atoms with Gasteiger partial charge < -0.3 is 5.73 Å². The molecule has 2 aromatic carbocycles. The Balaban J connectivity index is 2.01. The number of rotatable bonds is 4. The van der Waals surface area contributed by atoms with Crippen LogP contribution in [0.15, 0.2) is 48.5 Å². The molecular weight excluding hydrogens is 220 g/mol. The van der Waals surface area contributed by atoms with Crippen LogP contribution < -0.4 is 5.73 Å². The zero-order chi connectivity index (χ0) is 13.0. The van der Waals surface area contributed by atoms with E-state index in [1.807, 2.05) is 18.2 Å². The lowest BCUT2D eigenvalue weighted by atomic mass is 10.1. The molecule has 2 nitrogen and oxygen atoms in total.